The Hall–Kier alpha value is -1.88. The van der Waals surface area contributed by atoms with Crippen LogP contribution >= 0.6 is 0 Å². The quantitative estimate of drug-likeness (QED) is 0.568. The van der Waals surface area contributed by atoms with Gasteiger partial charge in [0.1, 0.15) is 0 Å². The van der Waals surface area contributed by atoms with Gasteiger partial charge in [0.15, 0.2) is 0 Å². The van der Waals surface area contributed by atoms with Crippen LogP contribution in [0, 0.1) is 0 Å². The van der Waals surface area contributed by atoms with E-state index in [1.807, 2.05) is 18.2 Å². The maximum Gasteiger partial charge on any atom is 0.427 e. The molecular weight excluding hydrogens is 196 g/mol. The lowest BCUT2D eigenvalue weighted by molar-refractivity contribution is 0.171. The average Bonchev–Trinajstić information content (AvgIpc) is 2.31. The summed E-state index contributed by atoms with van der Waals surface area (Å²) < 4.78 is 4.34. The van der Waals surface area contributed by atoms with Crippen molar-refractivity contribution in [3.63, 3.8) is 0 Å². The minimum Gasteiger partial charge on any atom is -0.452 e. The van der Waals surface area contributed by atoms with Gasteiger partial charge in [-0.15, -0.1) is 0 Å². The number of methoxy groups -OCH3 is 1. The summed E-state index contributed by atoms with van der Waals surface area (Å²) in [6.45, 7) is -0.256. The number of aliphatic hydroxyl groups excluding tert-OH is 1. The van der Waals surface area contributed by atoms with E-state index in [1.165, 1.54) is 7.11 Å². The molecule has 0 atom stereocenters. The lowest BCUT2D eigenvalue weighted by Crippen LogP contribution is -2.21. The first kappa shape index (κ1) is 11.2. The van der Waals surface area contributed by atoms with E-state index < -0.39 is 6.09 Å². The Labute approximate surface area is 87.4 Å². The first-order chi connectivity index (χ1) is 7.27. The number of carbonyl (C=O) groups is 1. The Morgan fingerprint density at radius 1 is 1.47 bits per heavy atom. The second kappa shape index (κ2) is 5.77. The minimum atomic E-state index is -0.670. The third kappa shape index (κ3) is 3.40. The highest BCUT2D eigenvalue weighted by Crippen LogP contribution is 2.00. The Bertz CT molecular complexity index is 349. The third-order valence-corrected chi connectivity index (χ3v) is 1.72. The summed E-state index contributed by atoms with van der Waals surface area (Å²) in [6.07, 6.45) is -0.670. The summed E-state index contributed by atoms with van der Waals surface area (Å²) in [5.41, 5.74) is 3.27. The van der Waals surface area contributed by atoms with Gasteiger partial charge in [-0.25, -0.2) is 10.2 Å². The number of aliphatic hydroxyl groups is 1. The number of nitrogens with one attached hydrogen (secondary N) is 1. The largest absolute Gasteiger partial charge is 0.452 e. The third-order valence-electron chi connectivity index (χ3n) is 1.72. The van der Waals surface area contributed by atoms with Gasteiger partial charge in [0.25, 0.3) is 0 Å². The molecule has 15 heavy (non-hydrogen) atoms. The fraction of sp³-hybridized carbons (Fsp3) is 0.200. The summed E-state index contributed by atoms with van der Waals surface area (Å²) in [4.78, 5) is 10.7. The summed E-state index contributed by atoms with van der Waals surface area (Å²) >= 11 is 0. The highest BCUT2D eigenvalue weighted by atomic mass is 16.5. The molecule has 0 aliphatic rings. The molecule has 0 aromatic heterocycles. The number of benzene rings is 1. The van der Waals surface area contributed by atoms with Gasteiger partial charge < -0.3 is 9.84 Å². The predicted molar refractivity (Wildman–Crippen MR) is 55.6 cm³/mol. The molecular formula is C10H12N2O3. The first-order valence-electron chi connectivity index (χ1n) is 4.34. The van der Waals surface area contributed by atoms with E-state index in [0.717, 1.165) is 5.56 Å². The molecule has 2 N–H and O–H groups in total. The molecule has 80 valence electrons. The van der Waals surface area contributed by atoms with Crippen LogP contribution in [0.5, 0.6) is 0 Å². The molecule has 1 aromatic carbocycles. The van der Waals surface area contributed by atoms with Gasteiger partial charge in [-0.2, -0.15) is 5.10 Å². The average molecular weight is 208 g/mol. The number of carbonyl (C=O) groups excluding carboxylic acids is 1. The van der Waals surface area contributed by atoms with Crippen LogP contribution in [0.3, 0.4) is 0 Å². The molecule has 0 saturated heterocycles. The number of amides is 1. The number of hydrogen-bond acceptors (Lipinski definition) is 4. The number of nitrogens with zero attached hydrogens (tertiary/aromatic N) is 1. The molecule has 0 aliphatic carbocycles. The van der Waals surface area contributed by atoms with Gasteiger partial charge >= 0.3 is 6.09 Å². The van der Waals surface area contributed by atoms with Gasteiger partial charge in [0, 0.05) is 5.56 Å². The topological polar surface area (TPSA) is 70.9 Å². The molecule has 5 heteroatoms. The van der Waals surface area contributed by atoms with Crippen molar-refractivity contribution in [2.45, 2.75) is 0 Å². The van der Waals surface area contributed by atoms with Gasteiger partial charge in [0.2, 0.25) is 0 Å². The molecule has 0 radical (unpaired) electrons. The van der Waals surface area contributed by atoms with Crippen LogP contribution in [0.4, 0.5) is 4.79 Å². The smallest absolute Gasteiger partial charge is 0.427 e. The monoisotopic (exact) mass is 208 g/mol. The standard InChI is InChI=1S/C10H12N2O3/c1-15-10(14)12-11-9(7-13)8-5-3-2-4-6-8/h2-6,13H,7H2,1H3,(H,12,14)/b11-9-. The Morgan fingerprint density at radius 2 is 2.13 bits per heavy atom. The molecule has 0 bridgehead atoms. The van der Waals surface area contributed by atoms with Crippen LogP contribution in [0.25, 0.3) is 0 Å². The van der Waals surface area contributed by atoms with Crippen molar-refractivity contribution in [1.29, 1.82) is 0 Å². The SMILES string of the molecule is COC(=O)N/N=C(/CO)c1ccccc1. The van der Waals surface area contributed by atoms with Gasteiger partial charge in [-0.05, 0) is 0 Å². The Morgan fingerprint density at radius 3 is 2.67 bits per heavy atom. The lowest BCUT2D eigenvalue weighted by Gasteiger charge is -2.03. The van der Waals surface area contributed by atoms with Crippen molar-refractivity contribution >= 4 is 11.8 Å². The molecule has 1 rings (SSSR count). The van der Waals surface area contributed by atoms with Gasteiger partial charge in [-0.1, -0.05) is 30.3 Å². The Balaban J connectivity index is 2.76. The zero-order valence-corrected chi connectivity index (χ0v) is 8.30. The van der Waals surface area contributed by atoms with Crippen molar-refractivity contribution in [2.75, 3.05) is 13.7 Å². The maximum atomic E-state index is 10.7. The van der Waals surface area contributed by atoms with Gasteiger partial charge in [-0.3, -0.25) is 0 Å². The molecule has 1 aromatic rings. The molecule has 1 amide bonds. The number of rotatable bonds is 3. The molecule has 0 spiro atoms. The van der Waals surface area contributed by atoms with E-state index in [1.54, 1.807) is 12.1 Å². The normalized spacial score (nSPS) is 10.9. The van der Waals surface area contributed by atoms with Crippen molar-refractivity contribution in [3.05, 3.63) is 35.9 Å². The van der Waals surface area contributed by atoms with Crippen LogP contribution in [-0.4, -0.2) is 30.6 Å². The fourth-order valence-corrected chi connectivity index (χ4v) is 0.980. The van der Waals surface area contributed by atoms with Crippen molar-refractivity contribution < 1.29 is 14.6 Å². The molecule has 0 fully saturated rings. The van der Waals surface area contributed by atoms with Crippen LogP contribution in [-0.2, 0) is 4.74 Å². The molecule has 0 aliphatic heterocycles. The number of hydrogen-bond donors (Lipinski definition) is 2. The summed E-state index contributed by atoms with van der Waals surface area (Å²) in [6, 6.07) is 9.06. The van der Waals surface area contributed by atoms with E-state index in [4.69, 9.17) is 5.11 Å². The first-order valence-corrected chi connectivity index (χ1v) is 4.34. The predicted octanol–water partition coefficient (Wildman–Crippen LogP) is 0.739. The summed E-state index contributed by atoms with van der Waals surface area (Å²) in [5.74, 6) is 0. The number of hydrazone groups is 1. The van der Waals surface area contributed by atoms with Gasteiger partial charge in [0.05, 0.1) is 19.4 Å². The second-order valence-corrected chi connectivity index (χ2v) is 2.69. The zero-order chi connectivity index (χ0) is 11.1. The Kier molecular flexibility index (Phi) is 4.30. The molecule has 0 heterocycles. The minimum absolute atomic E-state index is 0.256. The van der Waals surface area contributed by atoms with Crippen LogP contribution in [0.2, 0.25) is 0 Å². The maximum absolute atomic E-state index is 10.7. The summed E-state index contributed by atoms with van der Waals surface area (Å²) in [7, 11) is 1.24. The van der Waals surface area contributed by atoms with E-state index in [0.29, 0.717) is 5.71 Å². The highest BCUT2D eigenvalue weighted by molar-refractivity contribution is 6.01. The van der Waals surface area contributed by atoms with E-state index >= 15 is 0 Å². The lowest BCUT2D eigenvalue weighted by atomic mass is 10.1. The van der Waals surface area contributed by atoms with Crippen LogP contribution < -0.4 is 5.43 Å². The fourth-order valence-electron chi connectivity index (χ4n) is 0.980. The zero-order valence-electron chi connectivity index (χ0n) is 8.30. The molecule has 0 saturated carbocycles. The van der Waals surface area contributed by atoms with Crippen molar-refractivity contribution in [1.82, 2.24) is 5.43 Å². The van der Waals surface area contributed by atoms with E-state index in [9.17, 15) is 4.79 Å². The van der Waals surface area contributed by atoms with Crippen LogP contribution in [0.1, 0.15) is 5.56 Å². The van der Waals surface area contributed by atoms with Crippen molar-refractivity contribution in [2.24, 2.45) is 5.10 Å². The van der Waals surface area contributed by atoms with E-state index in [-0.39, 0.29) is 6.61 Å². The van der Waals surface area contributed by atoms with Crippen LogP contribution in [0.15, 0.2) is 35.4 Å². The molecule has 0 unspecified atom stereocenters. The highest BCUT2D eigenvalue weighted by Gasteiger charge is 2.02. The van der Waals surface area contributed by atoms with Crippen molar-refractivity contribution in [3.8, 4) is 0 Å². The summed E-state index contributed by atoms with van der Waals surface area (Å²) in [5, 5.41) is 12.8. The molecule has 5 nitrogen and oxygen atoms in total. The second-order valence-electron chi connectivity index (χ2n) is 2.69. The van der Waals surface area contributed by atoms with E-state index in [2.05, 4.69) is 15.3 Å². The number of ether oxygens (including phenoxy) is 1.